The van der Waals surface area contributed by atoms with Gasteiger partial charge in [0.05, 0.1) is 36.7 Å². The van der Waals surface area contributed by atoms with Crippen LogP contribution in [0.15, 0.2) is 43.0 Å². The van der Waals surface area contributed by atoms with E-state index in [9.17, 15) is 5.11 Å². The molecule has 3 aliphatic rings. The fourth-order valence-corrected chi connectivity index (χ4v) is 5.47. The number of pyridine rings is 1. The molecule has 2 aliphatic heterocycles. The van der Waals surface area contributed by atoms with Crippen LogP contribution in [0, 0.1) is 5.92 Å². The maximum Gasteiger partial charge on any atom is 0.147 e. The van der Waals surface area contributed by atoms with Crippen LogP contribution in [0.4, 0.5) is 5.82 Å². The number of methoxy groups -OCH3 is 1. The van der Waals surface area contributed by atoms with Gasteiger partial charge in [0.25, 0.3) is 0 Å². The normalized spacial score (nSPS) is 34.7. The van der Waals surface area contributed by atoms with Gasteiger partial charge >= 0.3 is 0 Å². The van der Waals surface area contributed by atoms with Crippen LogP contribution in [-0.2, 0) is 9.47 Å². The first-order valence-corrected chi connectivity index (χ1v) is 10.7. The molecule has 0 amide bonds. The molecule has 0 bridgehead atoms. The van der Waals surface area contributed by atoms with Crippen molar-refractivity contribution in [3.05, 3.63) is 48.7 Å². The van der Waals surface area contributed by atoms with Crippen LogP contribution < -0.4 is 4.90 Å². The summed E-state index contributed by atoms with van der Waals surface area (Å²) in [6.07, 6.45) is 8.56. The zero-order chi connectivity index (χ0) is 20.6. The number of hydrogen-bond acceptors (Lipinski definition) is 8. The fourth-order valence-electron chi connectivity index (χ4n) is 5.47. The third-order valence-electron chi connectivity index (χ3n) is 7.00. The number of aromatic nitrogens is 3. The van der Waals surface area contributed by atoms with Crippen LogP contribution >= 0.6 is 0 Å². The molecule has 5 rings (SSSR count). The number of ether oxygens (including phenoxy) is 2. The lowest BCUT2D eigenvalue weighted by Gasteiger charge is -2.48. The average molecular weight is 412 g/mol. The van der Waals surface area contributed by atoms with Gasteiger partial charge in [-0.2, -0.15) is 0 Å². The van der Waals surface area contributed by atoms with Crippen molar-refractivity contribution in [2.75, 3.05) is 44.8 Å². The Labute approximate surface area is 176 Å². The van der Waals surface area contributed by atoms with Crippen molar-refractivity contribution >= 4 is 5.82 Å². The predicted octanol–water partition coefficient (Wildman–Crippen LogP) is 1.29. The van der Waals surface area contributed by atoms with Crippen LogP contribution in [0.5, 0.6) is 0 Å². The molecule has 1 saturated carbocycles. The molecule has 1 aliphatic carbocycles. The Kier molecular flexibility index (Phi) is 5.41. The molecule has 2 saturated heterocycles. The fraction of sp³-hybridized carbons (Fsp3) is 0.591. The molecule has 0 aromatic carbocycles. The second-order valence-corrected chi connectivity index (χ2v) is 8.52. The van der Waals surface area contributed by atoms with E-state index in [0.717, 1.165) is 50.5 Å². The summed E-state index contributed by atoms with van der Waals surface area (Å²) in [7, 11) is 1.76. The van der Waals surface area contributed by atoms with E-state index in [1.807, 2.05) is 18.2 Å². The predicted molar refractivity (Wildman–Crippen MR) is 111 cm³/mol. The highest BCUT2D eigenvalue weighted by Crippen LogP contribution is 2.49. The van der Waals surface area contributed by atoms with Gasteiger partial charge in [0.1, 0.15) is 11.4 Å². The molecule has 0 radical (unpaired) electrons. The number of piperazine rings is 1. The van der Waals surface area contributed by atoms with Crippen LogP contribution in [0.25, 0.3) is 0 Å². The molecule has 30 heavy (non-hydrogen) atoms. The van der Waals surface area contributed by atoms with Crippen LogP contribution in [0.1, 0.15) is 24.6 Å². The SMILES string of the molecule is CO[C@H]1C[C@@H]2C[C@H](c3ccccn3)OC[C@]2(O)[C@@H]1N1CCN(c2cnccn2)CC1. The highest BCUT2D eigenvalue weighted by molar-refractivity contribution is 5.35. The number of hydrogen-bond donors (Lipinski definition) is 1. The smallest absolute Gasteiger partial charge is 0.147 e. The summed E-state index contributed by atoms with van der Waals surface area (Å²) in [6, 6.07) is 5.83. The Morgan fingerprint density at radius 2 is 1.97 bits per heavy atom. The lowest BCUT2D eigenvalue weighted by molar-refractivity contribution is -0.175. The minimum atomic E-state index is -0.902. The Morgan fingerprint density at radius 3 is 2.67 bits per heavy atom. The van der Waals surface area contributed by atoms with Gasteiger partial charge in [-0.25, -0.2) is 4.98 Å². The number of nitrogens with zero attached hydrogens (tertiary/aromatic N) is 5. The summed E-state index contributed by atoms with van der Waals surface area (Å²) in [4.78, 5) is 17.7. The standard InChI is InChI=1S/C22H29N5O3/c1-29-19-13-16-12-18(17-4-2-3-5-24-17)30-15-22(16,28)21(19)27-10-8-26(9-11-27)20-14-23-6-7-25-20/h2-7,14,16,18-19,21,28H,8-13,15H2,1H3/t16-,18+,19-,21+,22+/m0/s1. The first kappa shape index (κ1) is 19.8. The Morgan fingerprint density at radius 1 is 1.10 bits per heavy atom. The number of rotatable bonds is 4. The van der Waals surface area contributed by atoms with Crippen molar-refractivity contribution < 1.29 is 14.6 Å². The molecule has 2 aromatic rings. The summed E-state index contributed by atoms with van der Waals surface area (Å²) in [5, 5.41) is 11.8. The summed E-state index contributed by atoms with van der Waals surface area (Å²) < 4.78 is 12.0. The van der Waals surface area contributed by atoms with Crippen molar-refractivity contribution in [2.24, 2.45) is 5.92 Å². The van der Waals surface area contributed by atoms with Crippen molar-refractivity contribution in [1.29, 1.82) is 0 Å². The van der Waals surface area contributed by atoms with E-state index in [-0.39, 0.29) is 24.2 Å². The topological polar surface area (TPSA) is 83.8 Å². The summed E-state index contributed by atoms with van der Waals surface area (Å²) in [5.74, 6) is 1.04. The number of aliphatic hydroxyl groups is 1. The highest BCUT2D eigenvalue weighted by Gasteiger charge is 2.59. The first-order chi connectivity index (χ1) is 14.7. The van der Waals surface area contributed by atoms with E-state index in [0.29, 0.717) is 6.61 Å². The molecule has 3 fully saturated rings. The van der Waals surface area contributed by atoms with E-state index in [1.165, 1.54) is 0 Å². The quantitative estimate of drug-likeness (QED) is 0.806. The molecular weight excluding hydrogens is 382 g/mol. The van der Waals surface area contributed by atoms with Crippen molar-refractivity contribution in [2.45, 2.75) is 36.7 Å². The van der Waals surface area contributed by atoms with Gasteiger partial charge in [-0.15, -0.1) is 0 Å². The molecule has 8 heteroatoms. The largest absolute Gasteiger partial charge is 0.385 e. The van der Waals surface area contributed by atoms with Crippen molar-refractivity contribution in [3.8, 4) is 0 Å². The molecule has 1 N–H and O–H groups in total. The first-order valence-electron chi connectivity index (χ1n) is 10.7. The number of fused-ring (bicyclic) bond motifs is 1. The Balaban J connectivity index is 1.30. The molecule has 0 spiro atoms. The zero-order valence-electron chi connectivity index (χ0n) is 17.3. The van der Waals surface area contributed by atoms with Gasteiger partial charge in [0, 0.05) is 51.9 Å². The lowest BCUT2D eigenvalue weighted by Crippen LogP contribution is -2.63. The van der Waals surface area contributed by atoms with E-state index < -0.39 is 5.60 Å². The molecule has 4 heterocycles. The Bertz CT molecular complexity index is 833. The van der Waals surface area contributed by atoms with Crippen molar-refractivity contribution in [3.63, 3.8) is 0 Å². The van der Waals surface area contributed by atoms with Crippen molar-refractivity contribution in [1.82, 2.24) is 19.9 Å². The van der Waals surface area contributed by atoms with Crippen LogP contribution in [0.2, 0.25) is 0 Å². The second-order valence-electron chi connectivity index (χ2n) is 8.52. The van der Waals surface area contributed by atoms with Gasteiger partial charge in [0.2, 0.25) is 0 Å². The van der Waals surface area contributed by atoms with E-state index in [4.69, 9.17) is 9.47 Å². The van der Waals surface area contributed by atoms with Crippen LogP contribution in [0.3, 0.4) is 0 Å². The van der Waals surface area contributed by atoms with E-state index in [2.05, 4.69) is 24.8 Å². The van der Waals surface area contributed by atoms with Gasteiger partial charge in [0.15, 0.2) is 0 Å². The summed E-state index contributed by atoms with van der Waals surface area (Å²) >= 11 is 0. The summed E-state index contributed by atoms with van der Waals surface area (Å²) in [6.45, 7) is 3.71. The maximum absolute atomic E-state index is 11.8. The molecule has 8 nitrogen and oxygen atoms in total. The van der Waals surface area contributed by atoms with Gasteiger partial charge in [-0.3, -0.25) is 14.9 Å². The molecule has 2 aromatic heterocycles. The Hall–Kier alpha value is -2.13. The zero-order valence-corrected chi connectivity index (χ0v) is 17.3. The molecule has 5 atom stereocenters. The van der Waals surface area contributed by atoms with E-state index in [1.54, 1.807) is 31.9 Å². The minimum Gasteiger partial charge on any atom is -0.385 e. The summed E-state index contributed by atoms with van der Waals surface area (Å²) in [5.41, 5.74) is 0.0373. The second kappa shape index (κ2) is 8.19. The lowest BCUT2D eigenvalue weighted by atomic mass is 9.81. The monoisotopic (exact) mass is 411 g/mol. The molecule has 160 valence electrons. The molecule has 0 unspecified atom stereocenters. The molecular formula is C22H29N5O3. The number of anilines is 1. The van der Waals surface area contributed by atoms with Gasteiger partial charge in [-0.05, 0) is 30.9 Å². The average Bonchev–Trinajstić information content (AvgIpc) is 3.11. The third-order valence-corrected chi connectivity index (χ3v) is 7.00. The van der Waals surface area contributed by atoms with Gasteiger partial charge < -0.3 is 19.5 Å². The maximum atomic E-state index is 11.8. The van der Waals surface area contributed by atoms with E-state index >= 15 is 0 Å². The third kappa shape index (κ3) is 3.47. The minimum absolute atomic E-state index is 0.00542. The van der Waals surface area contributed by atoms with Crippen LogP contribution in [-0.4, -0.2) is 82.6 Å². The van der Waals surface area contributed by atoms with Gasteiger partial charge in [-0.1, -0.05) is 6.07 Å². The highest BCUT2D eigenvalue weighted by atomic mass is 16.5.